The Bertz CT molecular complexity index is 414. The molecular weight excluding hydrogens is 244 g/mol. The van der Waals surface area contributed by atoms with Gasteiger partial charge in [0.05, 0.1) is 0 Å². The summed E-state index contributed by atoms with van der Waals surface area (Å²) in [6, 6.07) is 10.3. The van der Waals surface area contributed by atoms with E-state index in [9.17, 15) is 15.2 Å². The molecule has 5 heteroatoms. The van der Waals surface area contributed by atoms with Crippen molar-refractivity contribution in [2.24, 2.45) is 0 Å². The Morgan fingerprint density at radius 1 is 1.26 bits per heavy atom. The average molecular weight is 264 g/mol. The van der Waals surface area contributed by atoms with E-state index in [1.54, 1.807) is 0 Å². The number of nitro groups is 1. The maximum absolute atomic E-state index is 10.5. The summed E-state index contributed by atoms with van der Waals surface area (Å²) in [7, 11) is 0. The highest BCUT2D eigenvalue weighted by molar-refractivity contribution is 5.14. The van der Waals surface area contributed by atoms with Gasteiger partial charge in [-0.2, -0.15) is 0 Å². The molecule has 0 saturated carbocycles. The first-order chi connectivity index (χ1) is 9.07. The zero-order valence-corrected chi connectivity index (χ0v) is 11.0. The molecule has 1 saturated heterocycles. The highest BCUT2D eigenvalue weighted by atomic mass is 16.6. The number of rotatable bonds is 5. The fourth-order valence-corrected chi connectivity index (χ4v) is 2.52. The Hall–Kier alpha value is -1.46. The van der Waals surface area contributed by atoms with Gasteiger partial charge in [-0.1, -0.05) is 30.3 Å². The molecule has 1 aliphatic rings. The van der Waals surface area contributed by atoms with Gasteiger partial charge in [-0.3, -0.25) is 10.1 Å². The SMILES string of the molecule is O=[N+]([O-])CC1(O)CCN(CCc2ccccc2)CC1. The van der Waals surface area contributed by atoms with Gasteiger partial charge in [-0.05, 0) is 24.8 Å². The van der Waals surface area contributed by atoms with E-state index in [0.29, 0.717) is 12.8 Å². The number of nitrogens with zero attached hydrogens (tertiary/aromatic N) is 2. The molecule has 1 N–H and O–H groups in total. The number of hydrogen-bond acceptors (Lipinski definition) is 4. The fourth-order valence-electron chi connectivity index (χ4n) is 2.52. The fraction of sp³-hybridized carbons (Fsp3) is 0.571. The van der Waals surface area contributed by atoms with Crippen LogP contribution in [-0.2, 0) is 6.42 Å². The quantitative estimate of drug-likeness (QED) is 0.643. The lowest BCUT2D eigenvalue weighted by molar-refractivity contribution is -0.502. The van der Waals surface area contributed by atoms with Crippen LogP contribution >= 0.6 is 0 Å². The second-order valence-electron chi connectivity index (χ2n) is 5.29. The molecule has 0 atom stereocenters. The van der Waals surface area contributed by atoms with Crippen molar-refractivity contribution in [2.75, 3.05) is 26.2 Å². The van der Waals surface area contributed by atoms with Crippen LogP contribution in [0.2, 0.25) is 0 Å². The van der Waals surface area contributed by atoms with E-state index in [1.807, 2.05) is 18.2 Å². The van der Waals surface area contributed by atoms with Crippen molar-refractivity contribution in [3.8, 4) is 0 Å². The molecule has 1 heterocycles. The topological polar surface area (TPSA) is 66.6 Å². The molecule has 0 spiro atoms. The molecule has 1 aliphatic heterocycles. The lowest BCUT2D eigenvalue weighted by Crippen LogP contribution is -2.48. The third kappa shape index (κ3) is 4.29. The molecule has 19 heavy (non-hydrogen) atoms. The number of hydrogen-bond donors (Lipinski definition) is 1. The summed E-state index contributed by atoms with van der Waals surface area (Å²) in [5, 5.41) is 20.6. The molecule has 0 amide bonds. The van der Waals surface area contributed by atoms with Gasteiger partial charge < -0.3 is 10.0 Å². The molecule has 0 bridgehead atoms. The van der Waals surface area contributed by atoms with Crippen LogP contribution in [0, 0.1) is 10.1 Å². The molecule has 1 aromatic carbocycles. The van der Waals surface area contributed by atoms with Gasteiger partial charge in [0.1, 0.15) is 5.60 Å². The molecule has 104 valence electrons. The molecule has 0 radical (unpaired) electrons. The van der Waals surface area contributed by atoms with Crippen LogP contribution < -0.4 is 0 Å². The van der Waals surface area contributed by atoms with E-state index < -0.39 is 10.5 Å². The van der Waals surface area contributed by atoms with Crippen LogP contribution in [0.25, 0.3) is 0 Å². The predicted octanol–water partition coefficient (Wildman–Crippen LogP) is 1.33. The van der Waals surface area contributed by atoms with Crippen molar-refractivity contribution in [3.63, 3.8) is 0 Å². The summed E-state index contributed by atoms with van der Waals surface area (Å²) in [6.07, 6.45) is 1.96. The van der Waals surface area contributed by atoms with Crippen LogP contribution in [0.1, 0.15) is 18.4 Å². The largest absolute Gasteiger partial charge is 0.383 e. The van der Waals surface area contributed by atoms with E-state index in [-0.39, 0.29) is 6.54 Å². The standard InChI is InChI=1S/C14H20N2O3/c17-14(12-16(18)19)7-10-15(11-8-14)9-6-13-4-2-1-3-5-13/h1-5,17H,6-12H2. The van der Waals surface area contributed by atoms with E-state index in [2.05, 4.69) is 17.0 Å². The lowest BCUT2D eigenvalue weighted by atomic mass is 9.91. The van der Waals surface area contributed by atoms with Crippen molar-refractivity contribution < 1.29 is 10.0 Å². The smallest absolute Gasteiger partial charge is 0.232 e. The molecule has 2 rings (SSSR count). The number of aliphatic hydroxyl groups is 1. The summed E-state index contributed by atoms with van der Waals surface area (Å²) in [6.45, 7) is 2.08. The minimum atomic E-state index is -1.10. The van der Waals surface area contributed by atoms with Crippen LogP contribution in [0.4, 0.5) is 0 Å². The molecule has 0 aliphatic carbocycles. The van der Waals surface area contributed by atoms with Crippen molar-refractivity contribution in [1.29, 1.82) is 0 Å². The summed E-state index contributed by atoms with van der Waals surface area (Å²) < 4.78 is 0. The predicted molar refractivity (Wildman–Crippen MR) is 72.6 cm³/mol. The lowest BCUT2D eigenvalue weighted by Gasteiger charge is -2.35. The van der Waals surface area contributed by atoms with Crippen molar-refractivity contribution in [1.82, 2.24) is 4.90 Å². The zero-order chi connectivity index (χ0) is 13.7. The molecule has 5 nitrogen and oxygen atoms in total. The van der Waals surface area contributed by atoms with Crippen LogP contribution in [0.15, 0.2) is 30.3 Å². The number of benzene rings is 1. The normalized spacial score (nSPS) is 19.2. The molecule has 0 unspecified atom stereocenters. The number of piperidine rings is 1. The molecule has 0 aromatic heterocycles. The Kier molecular flexibility index (Phi) is 4.50. The Balaban J connectivity index is 1.76. The van der Waals surface area contributed by atoms with E-state index in [1.165, 1.54) is 5.56 Å². The Morgan fingerprint density at radius 3 is 2.47 bits per heavy atom. The van der Waals surface area contributed by atoms with Gasteiger partial charge in [0, 0.05) is 24.6 Å². The third-order valence-corrected chi connectivity index (χ3v) is 3.77. The van der Waals surface area contributed by atoms with Crippen LogP contribution in [0.5, 0.6) is 0 Å². The van der Waals surface area contributed by atoms with Gasteiger partial charge >= 0.3 is 0 Å². The second kappa shape index (κ2) is 6.12. The Morgan fingerprint density at radius 2 is 1.89 bits per heavy atom. The van der Waals surface area contributed by atoms with Gasteiger partial charge in [0.15, 0.2) is 0 Å². The van der Waals surface area contributed by atoms with Gasteiger partial charge in [-0.25, -0.2) is 0 Å². The minimum absolute atomic E-state index is 0.334. The third-order valence-electron chi connectivity index (χ3n) is 3.77. The average Bonchev–Trinajstić information content (AvgIpc) is 2.38. The highest BCUT2D eigenvalue weighted by Crippen LogP contribution is 2.22. The van der Waals surface area contributed by atoms with E-state index in [0.717, 1.165) is 26.1 Å². The van der Waals surface area contributed by atoms with Gasteiger partial charge in [0.2, 0.25) is 6.54 Å². The minimum Gasteiger partial charge on any atom is -0.383 e. The highest BCUT2D eigenvalue weighted by Gasteiger charge is 2.36. The monoisotopic (exact) mass is 264 g/mol. The van der Waals surface area contributed by atoms with Crippen molar-refractivity contribution in [3.05, 3.63) is 46.0 Å². The van der Waals surface area contributed by atoms with E-state index >= 15 is 0 Å². The molecule has 1 fully saturated rings. The maximum Gasteiger partial charge on any atom is 0.232 e. The maximum atomic E-state index is 10.5. The molecular formula is C14H20N2O3. The van der Waals surface area contributed by atoms with Gasteiger partial charge in [0.25, 0.3) is 0 Å². The second-order valence-corrected chi connectivity index (χ2v) is 5.29. The molecule has 1 aromatic rings. The summed E-state index contributed by atoms with van der Waals surface area (Å²) >= 11 is 0. The summed E-state index contributed by atoms with van der Waals surface area (Å²) in [5.74, 6) is 0. The first-order valence-electron chi connectivity index (χ1n) is 6.68. The van der Waals surface area contributed by atoms with E-state index in [4.69, 9.17) is 0 Å². The van der Waals surface area contributed by atoms with Crippen molar-refractivity contribution in [2.45, 2.75) is 24.9 Å². The zero-order valence-electron chi connectivity index (χ0n) is 11.0. The first-order valence-corrected chi connectivity index (χ1v) is 6.68. The van der Waals surface area contributed by atoms with Crippen molar-refractivity contribution >= 4 is 0 Å². The van der Waals surface area contributed by atoms with Gasteiger partial charge in [-0.15, -0.1) is 0 Å². The van der Waals surface area contributed by atoms with Crippen LogP contribution in [0.3, 0.4) is 0 Å². The summed E-state index contributed by atoms with van der Waals surface area (Å²) in [4.78, 5) is 12.3. The number of likely N-dealkylation sites (tertiary alicyclic amines) is 1. The summed E-state index contributed by atoms with van der Waals surface area (Å²) in [5.41, 5.74) is 0.195. The van der Waals surface area contributed by atoms with Crippen LogP contribution in [-0.4, -0.2) is 46.7 Å². The Labute approximate surface area is 113 Å². The first kappa shape index (κ1) is 14.0.